The van der Waals surface area contributed by atoms with Crippen molar-refractivity contribution in [3.8, 4) is 0 Å². The van der Waals surface area contributed by atoms with E-state index >= 15 is 0 Å². The average molecular weight is 329 g/mol. The molecule has 0 unspecified atom stereocenters. The van der Waals surface area contributed by atoms with Crippen LogP contribution in [-0.2, 0) is 13.1 Å². The summed E-state index contributed by atoms with van der Waals surface area (Å²) in [5.74, 6) is 0.872. The second-order valence-corrected chi connectivity index (χ2v) is 6.02. The molecule has 25 heavy (non-hydrogen) atoms. The van der Waals surface area contributed by atoms with Gasteiger partial charge >= 0.3 is 0 Å². The Morgan fingerprint density at radius 3 is 2.68 bits per heavy atom. The lowest BCUT2D eigenvalue weighted by atomic mass is 10.1. The maximum atomic E-state index is 4.45. The van der Waals surface area contributed by atoms with Crippen LogP contribution >= 0.6 is 0 Å². The maximum absolute atomic E-state index is 4.45. The van der Waals surface area contributed by atoms with Crippen molar-refractivity contribution in [3.63, 3.8) is 0 Å². The molecule has 0 saturated heterocycles. The summed E-state index contributed by atoms with van der Waals surface area (Å²) < 4.78 is 1.93. The van der Waals surface area contributed by atoms with Crippen molar-refractivity contribution in [1.29, 1.82) is 0 Å². The minimum atomic E-state index is 0.706. The quantitative estimate of drug-likeness (QED) is 0.605. The van der Waals surface area contributed by atoms with Gasteiger partial charge in [-0.15, -0.1) is 0 Å². The van der Waals surface area contributed by atoms with E-state index in [4.69, 9.17) is 0 Å². The number of fused-ring (bicyclic) bond motifs is 1. The van der Waals surface area contributed by atoms with Crippen molar-refractivity contribution in [2.45, 2.75) is 20.0 Å². The smallest absolute Gasteiger partial charge is 0.137 e. The number of hydrogen-bond acceptors (Lipinski definition) is 4. The number of nitrogens with zero attached hydrogens (tertiary/aromatic N) is 4. The number of rotatable bonds is 5. The van der Waals surface area contributed by atoms with Gasteiger partial charge in [-0.1, -0.05) is 36.4 Å². The van der Waals surface area contributed by atoms with Gasteiger partial charge in [-0.05, 0) is 35.7 Å². The highest BCUT2D eigenvalue weighted by atomic mass is 15.3. The van der Waals surface area contributed by atoms with Crippen LogP contribution in [0.1, 0.15) is 16.7 Å². The number of nitrogens with one attached hydrogen (secondary N) is 1. The number of aryl methyl sites for hydroxylation is 1. The van der Waals surface area contributed by atoms with Gasteiger partial charge in [0.2, 0.25) is 0 Å². The summed E-state index contributed by atoms with van der Waals surface area (Å²) in [6.45, 7) is 3.55. The second kappa shape index (κ2) is 6.73. The molecular formula is C20H19N5. The summed E-state index contributed by atoms with van der Waals surface area (Å²) in [6, 6.07) is 16.5. The molecular weight excluding hydrogens is 310 g/mol. The Balaban J connectivity index is 1.60. The molecule has 5 nitrogen and oxygen atoms in total. The Kier molecular flexibility index (Phi) is 4.12. The molecule has 0 aliphatic rings. The average Bonchev–Trinajstić information content (AvgIpc) is 3.14. The molecule has 0 aliphatic heterocycles. The van der Waals surface area contributed by atoms with Crippen molar-refractivity contribution in [1.82, 2.24) is 19.7 Å². The number of anilines is 1. The third-order valence-electron chi connectivity index (χ3n) is 4.33. The van der Waals surface area contributed by atoms with Crippen molar-refractivity contribution in [2.24, 2.45) is 0 Å². The van der Waals surface area contributed by atoms with Crippen LogP contribution in [0.25, 0.3) is 10.9 Å². The van der Waals surface area contributed by atoms with Gasteiger partial charge in [0.1, 0.15) is 12.1 Å². The van der Waals surface area contributed by atoms with Crippen LogP contribution in [0, 0.1) is 6.92 Å². The Morgan fingerprint density at radius 1 is 0.960 bits per heavy atom. The Hall–Kier alpha value is -3.21. The van der Waals surface area contributed by atoms with Gasteiger partial charge in [0.05, 0.1) is 12.1 Å². The zero-order valence-corrected chi connectivity index (χ0v) is 14.1. The van der Waals surface area contributed by atoms with Crippen molar-refractivity contribution in [2.75, 3.05) is 5.32 Å². The van der Waals surface area contributed by atoms with Gasteiger partial charge in [0.25, 0.3) is 0 Å². The fourth-order valence-corrected chi connectivity index (χ4v) is 3.05. The van der Waals surface area contributed by atoms with E-state index in [1.54, 1.807) is 12.5 Å². The SMILES string of the molecule is Cc1cccc2ncnc(NCc3ccccc3Cn3cccn3)c12. The third kappa shape index (κ3) is 3.21. The normalized spacial score (nSPS) is 10.9. The summed E-state index contributed by atoms with van der Waals surface area (Å²) in [5, 5.41) is 8.86. The first-order valence-corrected chi connectivity index (χ1v) is 8.29. The van der Waals surface area contributed by atoms with Crippen LogP contribution in [-0.4, -0.2) is 19.7 Å². The molecule has 0 fully saturated rings. The summed E-state index contributed by atoms with van der Waals surface area (Å²) in [6.07, 6.45) is 5.39. The van der Waals surface area contributed by atoms with Gasteiger partial charge in [0.15, 0.2) is 0 Å². The molecule has 0 bridgehead atoms. The van der Waals surface area contributed by atoms with E-state index in [0.29, 0.717) is 6.54 Å². The largest absolute Gasteiger partial charge is 0.365 e. The van der Waals surface area contributed by atoms with Crippen LogP contribution in [0.15, 0.2) is 67.3 Å². The van der Waals surface area contributed by atoms with Gasteiger partial charge < -0.3 is 5.32 Å². The molecule has 0 spiro atoms. The van der Waals surface area contributed by atoms with Gasteiger partial charge in [-0.2, -0.15) is 5.10 Å². The van der Waals surface area contributed by atoms with Crippen LogP contribution in [0.5, 0.6) is 0 Å². The molecule has 0 atom stereocenters. The van der Waals surface area contributed by atoms with Crippen molar-refractivity contribution < 1.29 is 0 Å². The second-order valence-electron chi connectivity index (χ2n) is 6.02. The van der Waals surface area contributed by atoms with Crippen molar-refractivity contribution >= 4 is 16.7 Å². The Bertz CT molecular complexity index is 987. The van der Waals surface area contributed by atoms with E-state index in [1.165, 1.54) is 16.7 Å². The Labute approximate surface area is 146 Å². The molecule has 0 radical (unpaired) electrons. The lowest BCUT2D eigenvalue weighted by Crippen LogP contribution is -2.08. The highest BCUT2D eigenvalue weighted by Gasteiger charge is 2.08. The minimum Gasteiger partial charge on any atom is -0.365 e. The van der Waals surface area contributed by atoms with Crippen molar-refractivity contribution in [3.05, 3.63) is 83.9 Å². The fourth-order valence-electron chi connectivity index (χ4n) is 3.05. The molecule has 4 aromatic rings. The van der Waals surface area contributed by atoms with E-state index in [9.17, 15) is 0 Å². The summed E-state index contributed by atoms with van der Waals surface area (Å²) in [7, 11) is 0. The minimum absolute atomic E-state index is 0.706. The molecule has 2 aromatic carbocycles. The van der Waals surface area contributed by atoms with E-state index in [0.717, 1.165) is 23.3 Å². The van der Waals surface area contributed by atoms with E-state index in [1.807, 2.05) is 29.1 Å². The lowest BCUT2D eigenvalue weighted by molar-refractivity contribution is 0.682. The molecule has 0 amide bonds. The zero-order valence-electron chi connectivity index (χ0n) is 14.1. The maximum Gasteiger partial charge on any atom is 0.137 e. The molecule has 5 heteroatoms. The third-order valence-corrected chi connectivity index (χ3v) is 4.33. The molecule has 1 N–H and O–H groups in total. The first-order valence-electron chi connectivity index (χ1n) is 8.29. The Morgan fingerprint density at radius 2 is 1.84 bits per heavy atom. The molecule has 4 rings (SSSR count). The highest BCUT2D eigenvalue weighted by Crippen LogP contribution is 2.23. The molecule has 0 saturated carbocycles. The molecule has 0 aliphatic carbocycles. The number of hydrogen-bond donors (Lipinski definition) is 1. The monoisotopic (exact) mass is 329 g/mol. The van der Waals surface area contributed by atoms with Crippen LogP contribution in [0.3, 0.4) is 0 Å². The summed E-state index contributed by atoms with van der Waals surface area (Å²) >= 11 is 0. The standard InChI is InChI=1S/C20H19N5/c1-15-6-4-9-18-19(15)20(23-14-22-18)21-12-16-7-2-3-8-17(16)13-25-11-5-10-24-25/h2-11,14H,12-13H2,1H3,(H,21,22,23). The lowest BCUT2D eigenvalue weighted by Gasteiger charge is -2.13. The summed E-state index contributed by atoms with van der Waals surface area (Å²) in [4.78, 5) is 8.81. The first-order chi connectivity index (χ1) is 12.3. The number of aromatic nitrogens is 4. The van der Waals surface area contributed by atoms with E-state index in [2.05, 4.69) is 57.6 Å². The first kappa shape index (κ1) is 15.3. The zero-order chi connectivity index (χ0) is 17.1. The van der Waals surface area contributed by atoms with Gasteiger partial charge in [-0.25, -0.2) is 9.97 Å². The van der Waals surface area contributed by atoms with Crippen LogP contribution in [0.2, 0.25) is 0 Å². The molecule has 2 aromatic heterocycles. The van der Waals surface area contributed by atoms with Crippen LogP contribution < -0.4 is 5.32 Å². The van der Waals surface area contributed by atoms with E-state index < -0.39 is 0 Å². The number of benzene rings is 2. The van der Waals surface area contributed by atoms with E-state index in [-0.39, 0.29) is 0 Å². The highest BCUT2D eigenvalue weighted by molar-refractivity contribution is 5.91. The topological polar surface area (TPSA) is 55.6 Å². The van der Waals surface area contributed by atoms with Gasteiger partial charge in [0, 0.05) is 24.3 Å². The van der Waals surface area contributed by atoms with Gasteiger partial charge in [-0.3, -0.25) is 4.68 Å². The molecule has 124 valence electrons. The van der Waals surface area contributed by atoms with Crippen LogP contribution in [0.4, 0.5) is 5.82 Å². The predicted octanol–water partition coefficient (Wildman–Crippen LogP) is 3.80. The summed E-state index contributed by atoms with van der Waals surface area (Å²) in [5.41, 5.74) is 4.61. The predicted molar refractivity (Wildman–Crippen MR) is 99.4 cm³/mol. The molecule has 2 heterocycles. The fraction of sp³-hybridized carbons (Fsp3) is 0.150.